The number of carbonyl (C=O) groups excluding carboxylic acids is 1. The number of hydrogen-bond donors (Lipinski definition) is 1. The maximum Gasteiger partial charge on any atom is 0.419 e. The van der Waals surface area contributed by atoms with E-state index in [0.29, 0.717) is 17.6 Å². The summed E-state index contributed by atoms with van der Waals surface area (Å²) in [5.41, 5.74) is 3.57. The summed E-state index contributed by atoms with van der Waals surface area (Å²) in [7, 11) is 0. The lowest BCUT2D eigenvalue weighted by Crippen LogP contribution is -2.36. The van der Waals surface area contributed by atoms with Crippen molar-refractivity contribution in [3.8, 4) is 0 Å². The summed E-state index contributed by atoms with van der Waals surface area (Å²) in [4.78, 5) is 26.8. The second kappa shape index (κ2) is 9.07. The third-order valence-corrected chi connectivity index (χ3v) is 5.23. The zero-order valence-corrected chi connectivity index (χ0v) is 16.3. The molecule has 0 saturated carbocycles. The Labute approximate surface area is 168 Å². The van der Waals surface area contributed by atoms with E-state index in [0.717, 1.165) is 38.4 Å². The molecule has 29 heavy (non-hydrogen) atoms. The number of nitrogens with one attached hydrogen (secondary N) is 1. The van der Waals surface area contributed by atoms with E-state index in [-0.39, 0.29) is 18.9 Å². The van der Waals surface area contributed by atoms with Crippen LogP contribution in [0.2, 0.25) is 0 Å². The van der Waals surface area contributed by atoms with Crippen LogP contribution in [0.3, 0.4) is 0 Å². The lowest BCUT2D eigenvalue weighted by atomic mass is 10.1. The van der Waals surface area contributed by atoms with Gasteiger partial charge in [0, 0.05) is 39.1 Å². The molecular formula is C22H25N3O4. The molecule has 1 aromatic heterocycles. The number of carbonyl (C=O) groups is 1. The number of para-hydroxylation sites is 2. The summed E-state index contributed by atoms with van der Waals surface area (Å²) < 4.78 is 12.1. The molecule has 2 heterocycles. The van der Waals surface area contributed by atoms with Crippen LogP contribution in [0.4, 0.5) is 0 Å². The first-order chi connectivity index (χ1) is 14.2. The normalized spacial score (nSPS) is 14.9. The number of morpholine rings is 1. The summed E-state index contributed by atoms with van der Waals surface area (Å²) in [5.74, 6) is -0.529. The van der Waals surface area contributed by atoms with E-state index >= 15 is 0 Å². The Morgan fingerprint density at radius 3 is 2.55 bits per heavy atom. The molecule has 0 radical (unpaired) electrons. The quantitative estimate of drug-likeness (QED) is 0.663. The predicted octanol–water partition coefficient (Wildman–Crippen LogP) is 2.13. The predicted molar refractivity (Wildman–Crippen MR) is 109 cm³/mol. The Morgan fingerprint density at radius 2 is 1.72 bits per heavy atom. The zero-order chi connectivity index (χ0) is 20.1. The minimum atomic E-state index is -0.435. The molecule has 0 spiro atoms. The molecule has 0 unspecified atom stereocenters. The number of benzene rings is 2. The fraction of sp³-hybridized carbons (Fsp3) is 0.364. The molecule has 1 aliphatic heterocycles. The minimum Gasteiger partial charge on any atom is -0.408 e. The zero-order valence-electron chi connectivity index (χ0n) is 16.3. The van der Waals surface area contributed by atoms with Crippen LogP contribution in [0.5, 0.6) is 0 Å². The van der Waals surface area contributed by atoms with Crippen LogP contribution >= 0.6 is 0 Å². The number of hydrogen-bond acceptors (Lipinski definition) is 5. The van der Waals surface area contributed by atoms with Crippen molar-refractivity contribution in [2.75, 3.05) is 26.3 Å². The van der Waals surface area contributed by atoms with Crippen molar-refractivity contribution in [3.63, 3.8) is 0 Å². The molecule has 7 heteroatoms. The van der Waals surface area contributed by atoms with Gasteiger partial charge < -0.3 is 14.5 Å². The Morgan fingerprint density at radius 1 is 1.00 bits per heavy atom. The number of fused-ring (bicyclic) bond motifs is 1. The van der Waals surface area contributed by atoms with Crippen LogP contribution in [-0.4, -0.2) is 41.7 Å². The van der Waals surface area contributed by atoms with Gasteiger partial charge in [-0.2, -0.15) is 0 Å². The SMILES string of the molecule is O=C(CCn1c(=O)oc2ccccc21)NCc1ccccc1CN1CCOCC1. The van der Waals surface area contributed by atoms with Crippen molar-refractivity contribution >= 4 is 17.0 Å². The maximum absolute atomic E-state index is 12.4. The van der Waals surface area contributed by atoms with E-state index in [1.165, 1.54) is 10.1 Å². The van der Waals surface area contributed by atoms with Crippen molar-refractivity contribution in [3.05, 3.63) is 70.2 Å². The molecule has 7 nitrogen and oxygen atoms in total. The van der Waals surface area contributed by atoms with Gasteiger partial charge in [-0.3, -0.25) is 14.3 Å². The topological polar surface area (TPSA) is 76.7 Å². The molecule has 1 saturated heterocycles. The minimum absolute atomic E-state index is 0.0941. The van der Waals surface area contributed by atoms with Gasteiger partial charge >= 0.3 is 5.76 Å². The average Bonchev–Trinajstić information content (AvgIpc) is 3.07. The first-order valence-corrected chi connectivity index (χ1v) is 9.92. The number of aryl methyl sites for hydroxylation is 1. The van der Waals surface area contributed by atoms with E-state index in [1.54, 1.807) is 6.07 Å². The fourth-order valence-electron chi connectivity index (χ4n) is 3.61. The number of ether oxygens (including phenoxy) is 1. The monoisotopic (exact) mass is 395 g/mol. The van der Waals surface area contributed by atoms with Crippen LogP contribution < -0.4 is 11.1 Å². The van der Waals surface area contributed by atoms with Crippen molar-refractivity contribution in [1.29, 1.82) is 0 Å². The Hall–Kier alpha value is -2.90. The van der Waals surface area contributed by atoms with Gasteiger partial charge in [0.1, 0.15) is 0 Å². The summed E-state index contributed by atoms with van der Waals surface area (Å²) >= 11 is 0. The van der Waals surface area contributed by atoms with Gasteiger partial charge in [0.2, 0.25) is 5.91 Å². The standard InChI is InChI=1S/C22H25N3O4/c26-21(9-10-25-19-7-3-4-8-20(19)29-22(25)27)23-15-17-5-1-2-6-18(17)16-24-11-13-28-14-12-24/h1-8H,9-16H2,(H,23,26). The average molecular weight is 395 g/mol. The molecule has 0 aliphatic carbocycles. The first-order valence-electron chi connectivity index (χ1n) is 9.92. The third kappa shape index (κ3) is 4.75. The van der Waals surface area contributed by atoms with Gasteiger partial charge in [0.15, 0.2) is 5.58 Å². The molecule has 0 bridgehead atoms. The summed E-state index contributed by atoms with van der Waals surface area (Å²) in [6, 6.07) is 15.4. The van der Waals surface area contributed by atoms with Crippen LogP contribution in [0.1, 0.15) is 17.5 Å². The van der Waals surface area contributed by atoms with Crippen LogP contribution in [0.25, 0.3) is 11.1 Å². The molecule has 3 aromatic rings. The summed E-state index contributed by atoms with van der Waals surface area (Å²) in [6.45, 7) is 4.99. The van der Waals surface area contributed by atoms with Gasteiger partial charge in [-0.25, -0.2) is 4.79 Å². The van der Waals surface area contributed by atoms with Crippen molar-refractivity contribution in [1.82, 2.24) is 14.8 Å². The van der Waals surface area contributed by atoms with E-state index in [1.807, 2.05) is 36.4 Å². The van der Waals surface area contributed by atoms with E-state index < -0.39 is 5.76 Å². The van der Waals surface area contributed by atoms with Gasteiger partial charge in [-0.05, 0) is 23.3 Å². The molecule has 1 amide bonds. The highest BCUT2D eigenvalue weighted by Crippen LogP contribution is 2.14. The van der Waals surface area contributed by atoms with Gasteiger partial charge in [-0.15, -0.1) is 0 Å². The maximum atomic E-state index is 12.4. The molecule has 152 valence electrons. The molecular weight excluding hydrogens is 370 g/mol. The summed E-state index contributed by atoms with van der Waals surface area (Å²) in [5, 5.41) is 2.98. The van der Waals surface area contributed by atoms with Crippen LogP contribution in [0.15, 0.2) is 57.7 Å². The molecule has 4 rings (SSSR count). The molecule has 1 fully saturated rings. The Kier molecular flexibility index (Phi) is 6.07. The lowest BCUT2D eigenvalue weighted by Gasteiger charge is -2.27. The molecule has 0 atom stereocenters. The van der Waals surface area contributed by atoms with Crippen molar-refractivity contribution < 1.29 is 13.9 Å². The third-order valence-electron chi connectivity index (χ3n) is 5.23. The van der Waals surface area contributed by atoms with Crippen LogP contribution in [-0.2, 0) is 29.2 Å². The fourth-order valence-corrected chi connectivity index (χ4v) is 3.61. The van der Waals surface area contributed by atoms with Gasteiger partial charge in [0.25, 0.3) is 0 Å². The Bertz CT molecular complexity index is 1030. The van der Waals surface area contributed by atoms with Crippen molar-refractivity contribution in [2.45, 2.75) is 26.1 Å². The lowest BCUT2D eigenvalue weighted by molar-refractivity contribution is -0.121. The number of nitrogens with zero attached hydrogens (tertiary/aromatic N) is 2. The van der Waals surface area contributed by atoms with Gasteiger partial charge in [0.05, 0.1) is 18.7 Å². The summed E-state index contributed by atoms with van der Waals surface area (Å²) in [6.07, 6.45) is 0.217. The largest absolute Gasteiger partial charge is 0.419 e. The number of amides is 1. The van der Waals surface area contributed by atoms with E-state index in [4.69, 9.17) is 9.15 Å². The van der Waals surface area contributed by atoms with Crippen LogP contribution in [0, 0.1) is 0 Å². The van der Waals surface area contributed by atoms with Crippen molar-refractivity contribution in [2.24, 2.45) is 0 Å². The smallest absolute Gasteiger partial charge is 0.408 e. The second-order valence-electron chi connectivity index (χ2n) is 7.17. The molecule has 2 aromatic carbocycles. The highest BCUT2D eigenvalue weighted by atomic mass is 16.5. The second-order valence-corrected chi connectivity index (χ2v) is 7.17. The number of rotatable bonds is 7. The van der Waals surface area contributed by atoms with E-state index in [2.05, 4.69) is 16.3 Å². The molecule has 1 aliphatic rings. The highest BCUT2D eigenvalue weighted by Gasteiger charge is 2.14. The van der Waals surface area contributed by atoms with Gasteiger partial charge in [-0.1, -0.05) is 36.4 Å². The van der Waals surface area contributed by atoms with E-state index in [9.17, 15) is 9.59 Å². The number of oxazole rings is 1. The Balaban J connectivity index is 1.34. The molecule has 1 N–H and O–H groups in total. The number of aromatic nitrogens is 1. The highest BCUT2D eigenvalue weighted by molar-refractivity contribution is 5.76. The first kappa shape index (κ1) is 19.4.